The highest BCUT2D eigenvalue weighted by Crippen LogP contribution is 2.00. The molecule has 6 nitrogen and oxygen atoms in total. The third-order valence-electron chi connectivity index (χ3n) is 2.43. The molecule has 2 heterocycles. The first-order chi connectivity index (χ1) is 9.08. The van der Waals surface area contributed by atoms with Gasteiger partial charge in [0.05, 0.1) is 6.26 Å². The van der Waals surface area contributed by atoms with Gasteiger partial charge in [-0.25, -0.2) is 0 Å². The topological polar surface area (TPSA) is 76.6 Å². The Hall–Kier alpha value is -2.15. The van der Waals surface area contributed by atoms with Crippen molar-refractivity contribution in [1.82, 2.24) is 9.88 Å². The number of hydrogen-bond acceptors (Lipinski definition) is 4. The number of furan rings is 1. The van der Waals surface area contributed by atoms with E-state index in [0.717, 1.165) is 0 Å². The molecule has 19 heavy (non-hydrogen) atoms. The SMILES string of the molecule is C[C@@H](NC(=O)c1ccco1)C(=O)N=c1sccn1C. The Balaban J connectivity index is 2.05. The summed E-state index contributed by atoms with van der Waals surface area (Å²) >= 11 is 1.36. The maximum absolute atomic E-state index is 11.8. The summed E-state index contributed by atoms with van der Waals surface area (Å²) in [4.78, 5) is 28.1. The molecule has 1 atom stereocenters. The predicted molar refractivity (Wildman–Crippen MR) is 69.5 cm³/mol. The smallest absolute Gasteiger partial charge is 0.287 e. The van der Waals surface area contributed by atoms with E-state index in [9.17, 15) is 9.59 Å². The van der Waals surface area contributed by atoms with Crippen LogP contribution in [0.5, 0.6) is 0 Å². The lowest BCUT2D eigenvalue weighted by Gasteiger charge is -2.08. The maximum Gasteiger partial charge on any atom is 0.287 e. The van der Waals surface area contributed by atoms with E-state index in [2.05, 4.69) is 10.3 Å². The molecule has 7 heteroatoms. The molecule has 2 aromatic heterocycles. The predicted octanol–water partition coefficient (Wildman–Crippen LogP) is 0.925. The van der Waals surface area contributed by atoms with Crippen molar-refractivity contribution in [2.24, 2.45) is 12.0 Å². The molecule has 0 aliphatic carbocycles. The molecule has 0 bridgehead atoms. The normalized spacial score (nSPS) is 13.3. The van der Waals surface area contributed by atoms with Gasteiger partial charge in [-0.05, 0) is 19.1 Å². The third kappa shape index (κ3) is 3.19. The van der Waals surface area contributed by atoms with Crippen LogP contribution in [0, 0.1) is 0 Å². The zero-order chi connectivity index (χ0) is 13.8. The standard InChI is InChI=1S/C12H13N3O3S/c1-8(13-11(17)9-4-3-6-18-9)10(16)14-12-15(2)5-7-19-12/h3-8H,1-2H3,(H,13,17)/t8-/m1/s1. The van der Waals surface area contributed by atoms with Gasteiger partial charge in [-0.1, -0.05) is 0 Å². The molecule has 0 saturated carbocycles. The van der Waals surface area contributed by atoms with Crippen LogP contribution in [0.15, 0.2) is 39.4 Å². The van der Waals surface area contributed by atoms with Gasteiger partial charge in [-0.15, -0.1) is 11.3 Å². The molecular weight excluding hydrogens is 266 g/mol. The van der Waals surface area contributed by atoms with E-state index < -0.39 is 17.9 Å². The summed E-state index contributed by atoms with van der Waals surface area (Å²) in [6.45, 7) is 1.58. The summed E-state index contributed by atoms with van der Waals surface area (Å²) in [5, 5.41) is 4.36. The number of carbonyl (C=O) groups excluding carboxylic acids is 2. The van der Waals surface area contributed by atoms with Gasteiger partial charge in [0.1, 0.15) is 6.04 Å². The first-order valence-electron chi connectivity index (χ1n) is 5.61. The fraction of sp³-hybridized carbons (Fsp3) is 0.250. The molecule has 0 unspecified atom stereocenters. The highest BCUT2D eigenvalue weighted by molar-refractivity contribution is 7.07. The summed E-state index contributed by atoms with van der Waals surface area (Å²) in [6, 6.07) is 2.43. The van der Waals surface area contributed by atoms with Gasteiger partial charge in [0, 0.05) is 18.6 Å². The van der Waals surface area contributed by atoms with Crippen molar-refractivity contribution < 1.29 is 14.0 Å². The Bertz CT molecular complexity index is 639. The van der Waals surface area contributed by atoms with Crippen LogP contribution in [0.4, 0.5) is 0 Å². The van der Waals surface area contributed by atoms with Crippen LogP contribution >= 0.6 is 11.3 Å². The van der Waals surface area contributed by atoms with Crippen LogP contribution in [0.25, 0.3) is 0 Å². The van der Waals surface area contributed by atoms with Crippen molar-refractivity contribution in [3.05, 3.63) is 40.5 Å². The monoisotopic (exact) mass is 279 g/mol. The highest BCUT2D eigenvalue weighted by atomic mass is 32.1. The first-order valence-corrected chi connectivity index (χ1v) is 6.49. The van der Waals surface area contributed by atoms with Crippen LogP contribution in [0.3, 0.4) is 0 Å². The lowest BCUT2D eigenvalue weighted by Crippen LogP contribution is -2.38. The largest absolute Gasteiger partial charge is 0.459 e. The molecule has 0 radical (unpaired) electrons. The number of thiazole rings is 1. The second-order valence-electron chi connectivity index (χ2n) is 3.92. The number of hydrogen-bond donors (Lipinski definition) is 1. The van der Waals surface area contributed by atoms with Crippen molar-refractivity contribution in [2.75, 3.05) is 0 Å². The van der Waals surface area contributed by atoms with E-state index in [1.54, 1.807) is 24.6 Å². The van der Waals surface area contributed by atoms with Gasteiger partial charge in [0.2, 0.25) is 0 Å². The quantitative estimate of drug-likeness (QED) is 0.907. The zero-order valence-corrected chi connectivity index (χ0v) is 11.3. The minimum Gasteiger partial charge on any atom is -0.459 e. The van der Waals surface area contributed by atoms with E-state index in [-0.39, 0.29) is 5.76 Å². The Kier molecular flexibility index (Phi) is 3.96. The summed E-state index contributed by atoms with van der Waals surface area (Å²) < 4.78 is 6.68. The van der Waals surface area contributed by atoms with Crippen LogP contribution in [0.1, 0.15) is 17.5 Å². The second kappa shape index (κ2) is 5.66. The van der Waals surface area contributed by atoms with E-state index in [0.29, 0.717) is 4.80 Å². The number of nitrogens with zero attached hydrogens (tertiary/aromatic N) is 2. The van der Waals surface area contributed by atoms with Gasteiger partial charge in [0.25, 0.3) is 11.8 Å². The summed E-state index contributed by atoms with van der Waals surface area (Å²) in [7, 11) is 1.80. The first kappa shape index (κ1) is 13.3. The fourth-order valence-electron chi connectivity index (χ4n) is 1.36. The number of aryl methyl sites for hydroxylation is 1. The summed E-state index contributed by atoms with van der Waals surface area (Å²) in [6.07, 6.45) is 3.21. The number of rotatable bonds is 3. The zero-order valence-electron chi connectivity index (χ0n) is 10.5. The highest BCUT2D eigenvalue weighted by Gasteiger charge is 2.17. The van der Waals surface area contributed by atoms with E-state index >= 15 is 0 Å². The van der Waals surface area contributed by atoms with Crippen molar-refractivity contribution in [1.29, 1.82) is 0 Å². The van der Waals surface area contributed by atoms with Crippen molar-refractivity contribution >= 4 is 23.2 Å². The molecule has 1 N–H and O–H groups in total. The van der Waals surface area contributed by atoms with E-state index in [1.165, 1.54) is 23.7 Å². The molecule has 0 fully saturated rings. The van der Waals surface area contributed by atoms with Crippen LogP contribution in [-0.4, -0.2) is 22.4 Å². The Morgan fingerprint density at radius 3 is 2.89 bits per heavy atom. The van der Waals surface area contributed by atoms with Gasteiger partial charge < -0.3 is 14.3 Å². The Labute approximate surface area is 113 Å². The van der Waals surface area contributed by atoms with Gasteiger partial charge >= 0.3 is 0 Å². The van der Waals surface area contributed by atoms with Crippen LogP contribution < -0.4 is 10.1 Å². The Morgan fingerprint density at radius 2 is 2.32 bits per heavy atom. The minimum atomic E-state index is -0.709. The lowest BCUT2D eigenvalue weighted by molar-refractivity contribution is -0.119. The third-order valence-corrected chi connectivity index (χ3v) is 3.28. The van der Waals surface area contributed by atoms with Gasteiger partial charge in [-0.3, -0.25) is 9.59 Å². The molecule has 2 amide bonds. The average Bonchev–Trinajstić information content (AvgIpc) is 3.01. The maximum atomic E-state index is 11.8. The molecule has 100 valence electrons. The lowest BCUT2D eigenvalue weighted by atomic mass is 10.3. The van der Waals surface area contributed by atoms with Gasteiger partial charge in [0.15, 0.2) is 10.6 Å². The average molecular weight is 279 g/mol. The number of nitrogens with one attached hydrogen (secondary N) is 1. The van der Waals surface area contributed by atoms with E-state index in [1.807, 2.05) is 11.6 Å². The second-order valence-corrected chi connectivity index (χ2v) is 4.79. The molecule has 0 aliphatic rings. The number of amides is 2. The van der Waals surface area contributed by atoms with E-state index in [4.69, 9.17) is 4.42 Å². The van der Waals surface area contributed by atoms with Crippen LogP contribution in [0.2, 0.25) is 0 Å². The minimum absolute atomic E-state index is 0.168. The molecule has 0 saturated heterocycles. The van der Waals surface area contributed by atoms with Crippen molar-refractivity contribution in [3.8, 4) is 0 Å². The van der Waals surface area contributed by atoms with Crippen molar-refractivity contribution in [3.63, 3.8) is 0 Å². The molecule has 2 aromatic rings. The molecular formula is C12H13N3O3S. The van der Waals surface area contributed by atoms with Gasteiger partial charge in [-0.2, -0.15) is 4.99 Å². The van der Waals surface area contributed by atoms with Crippen molar-refractivity contribution in [2.45, 2.75) is 13.0 Å². The fourth-order valence-corrected chi connectivity index (χ4v) is 2.10. The Morgan fingerprint density at radius 1 is 1.53 bits per heavy atom. The molecule has 2 rings (SSSR count). The molecule has 0 aromatic carbocycles. The summed E-state index contributed by atoms with van der Waals surface area (Å²) in [5.41, 5.74) is 0. The van der Waals surface area contributed by atoms with Crippen LogP contribution in [-0.2, 0) is 11.8 Å². The number of carbonyl (C=O) groups is 2. The number of aromatic nitrogens is 1. The molecule has 0 aliphatic heterocycles. The molecule has 0 spiro atoms. The summed E-state index contributed by atoms with van der Waals surface area (Å²) in [5.74, 6) is -0.670.